The summed E-state index contributed by atoms with van der Waals surface area (Å²) in [5.74, 6) is -0.482. The number of ketones is 1. The molecule has 0 aromatic rings. The van der Waals surface area contributed by atoms with Crippen molar-refractivity contribution in [2.24, 2.45) is 11.3 Å². The summed E-state index contributed by atoms with van der Waals surface area (Å²) in [6, 6.07) is 0. The largest absolute Gasteiger partial charge is 0.459 e. The predicted octanol–water partition coefficient (Wildman–Crippen LogP) is 6.86. The molecule has 0 saturated carbocycles. The van der Waals surface area contributed by atoms with E-state index in [9.17, 15) is 19.6 Å². The molecule has 2 rings (SSSR count). The third kappa shape index (κ3) is 8.86. The molecule has 2 unspecified atom stereocenters. The Hall–Kier alpha value is -1.28. The molecule has 8 nitrogen and oxygen atoms in total. The van der Waals surface area contributed by atoms with Crippen LogP contribution in [0.4, 0.5) is 0 Å². The van der Waals surface area contributed by atoms with Gasteiger partial charge in [-0.2, -0.15) is 0 Å². The van der Waals surface area contributed by atoms with Crippen LogP contribution in [0, 0.1) is 11.3 Å². The van der Waals surface area contributed by atoms with Gasteiger partial charge in [0.05, 0.1) is 31.6 Å². The Morgan fingerprint density at radius 3 is 2.35 bits per heavy atom. The summed E-state index contributed by atoms with van der Waals surface area (Å²) in [6.45, 7) is 16.1. The minimum absolute atomic E-state index is 0.00493. The van der Waals surface area contributed by atoms with E-state index in [4.69, 9.17) is 18.5 Å². The number of carbonyl (C=O) groups is 1. The van der Waals surface area contributed by atoms with Crippen molar-refractivity contribution in [2.75, 3.05) is 26.4 Å². The molecule has 2 N–H and O–H groups in total. The lowest BCUT2D eigenvalue weighted by Gasteiger charge is -2.32. The number of carbonyl (C=O) groups excluding carboxylic acids is 1. The Bertz CT molecular complexity index is 987. The van der Waals surface area contributed by atoms with E-state index in [1.54, 1.807) is 20.8 Å². The lowest BCUT2D eigenvalue weighted by molar-refractivity contribution is -0.188. The van der Waals surface area contributed by atoms with Crippen LogP contribution in [0.25, 0.3) is 0 Å². The number of Topliss-reactive ketones (excluding diaryl/α,β-unsaturated/α-hetero) is 1. The van der Waals surface area contributed by atoms with Gasteiger partial charge in [-0.05, 0) is 91.1 Å². The van der Waals surface area contributed by atoms with E-state index in [-0.39, 0.29) is 31.5 Å². The second-order valence-corrected chi connectivity index (χ2v) is 14.2. The molecule has 0 radical (unpaired) electrons. The maximum absolute atomic E-state index is 13.6. The Labute approximate surface area is 241 Å². The van der Waals surface area contributed by atoms with Crippen molar-refractivity contribution < 1.29 is 38.1 Å². The van der Waals surface area contributed by atoms with Gasteiger partial charge in [0.15, 0.2) is 5.76 Å². The van der Waals surface area contributed by atoms with Crippen LogP contribution in [0.1, 0.15) is 100 Å². The average Bonchev–Trinajstić information content (AvgIpc) is 2.99. The average molecular weight is 585 g/mol. The number of hydrogen-bond acceptors (Lipinski definition) is 8. The van der Waals surface area contributed by atoms with E-state index in [2.05, 4.69) is 19.1 Å². The SMILES string of the molecule is CCOP(=O)(OCC)C(C)C(O)CC/C(C)=C/CC/C(C)=C/C[C@]1(C)C(=O)C2=C(CCOC(C)(C)O2)[C@H]1CCO. The monoisotopic (exact) mass is 584 g/mol. The number of aliphatic hydroxyl groups excluding tert-OH is 2. The summed E-state index contributed by atoms with van der Waals surface area (Å²) in [7, 11) is -3.35. The van der Waals surface area contributed by atoms with Crippen LogP contribution >= 0.6 is 7.60 Å². The van der Waals surface area contributed by atoms with Gasteiger partial charge in [0.2, 0.25) is 11.6 Å². The van der Waals surface area contributed by atoms with Gasteiger partial charge in [0.1, 0.15) is 0 Å². The quantitative estimate of drug-likeness (QED) is 0.150. The molecule has 0 saturated heterocycles. The number of aliphatic hydroxyl groups is 2. The Morgan fingerprint density at radius 2 is 1.75 bits per heavy atom. The first-order valence-corrected chi connectivity index (χ1v) is 16.5. The van der Waals surface area contributed by atoms with E-state index in [1.807, 2.05) is 27.7 Å². The molecular weight excluding hydrogens is 531 g/mol. The Balaban J connectivity index is 1.95. The highest BCUT2D eigenvalue weighted by Gasteiger charge is 2.53. The number of rotatable bonds is 16. The van der Waals surface area contributed by atoms with Gasteiger partial charge in [0.25, 0.3) is 0 Å². The molecule has 9 heteroatoms. The number of allylic oxidation sites excluding steroid dienone is 5. The Kier molecular flexibility index (Phi) is 13.3. The first-order valence-electron chi connectivity index (χ1n) is 14.8. The van der Waals surface area contributed by atoms with E-state index in [1.165, 1.54) is 5.57 Å². The zero-order valence-corrected chi connectivity index (χ0v) is 26.9. The van der Waals surface area contributed by atoms with Crippen molar-refractivity contribution in [1.29, 1.82) is 0 Å². The lowest BCUT2D eigenvalue weighted by Crippen LogP contribution is -2.35. The predicted molar refractivity (Wildman–Crippen MR) is 158 cm³/mol. The topological polar surface area (TPSA) is 112 Å². The molecule has 0 amide bonds. The Morgan fingerprint density at radius 1 is 1.12 bits per heavy atom. The van der Waals surface area contributed by atoms with Gasteiger partial charge in [-0.1, -0.05) is 30.2 Å². The molecule has 0 aromatic carbocycles. The fourth-order valence-electron chi connectivity index (χ4n) is 5.64. The summed E-state index contributed by atoms with van der Waals surface area (Å²) in [6.07, 6.45) is 8.19. The van der Waals surface area contributed by atoms with Gasteiger partial charge >= 0.3 is 7.60 Å². The van der Waals surface area contributed by atoms with Crippen molar-refractivity contribution in [3.63, 3.8) is 0 Å². The molecule has 1 aliphatic heterocycles. The highest BCUT2D eigenvalue weighted by molar-refractivity contribution is 7.54. The zero-order chi connectivity index (χ0) is 30.1. The van der Waals surface area contributed by atoms with Crippen LogP contribution in [-0.4, -0.2) is 60.0 Å². The molecule has 4 atom stereocenters. The summed E-state index contributed by atoms with van der Waals surface area (Å²) in [4.78, 5) is 13.6. The third-order valence-electron chi connectivity index (χ3n) is 8.21. The molecule has 0 fully saturated rings. The maximum Gasteiger partial charge on any atom is 0.336 e. The molecule has 0 bridgehead atoms. The fourth-order valence-corrected chi connectivity index (χ4v) is 7.48. The second kappa shape index (κ2) is 15.3. The van der Waals surface area contributed by atoms with Gasteiger partial charge < -0.3 is 28.7 Å². The van der Waals surface area contributed by atoms with Gasteiger partial charge in [-0.3, -0.25) is 9.36 Å². The van der Waals surface area contributed by atoms with E-state index < -0.39 is 30.6 Å². The smallest absolute Gasteiger partial charge is 0.336 e. The minimum Gasteiger partial charge on any atom is -0.459 e. The molecular formula is C31H53O8P. The fraction of sp³-hybridized carbons (Fsp3) is 0.774. The summed E-state index contributed by atoms with van der Waals surface area (Å²) < 4.78 is 35.6. The first kappa shape index (κ1) is 34.9. The van der Waals surface area contributed by atoms with Crippen molar-refractivity contribution in [2.45, 2.75) is 118 Å². The molecule has 0 aromatic heterocycles. The maximum atomic E-state index is 13.6. The van der Waals surface area contributed by atoms with Crippen LogP contribution < -0.4 is 0 Å². The molecule has 1 heterocycles. The normalized spacial score (nSPS) is 25.4. The van der Waals surface area contributed by atoms with Crippen molar-refractivity contribution in [1.82, 2.24) is 0 Å². The van der Waals surface area contributed by atoms with Gasteiger partial charge in [0, 0.05) is 25.9 Å². The van der Waals surface area contributed by atoms with Crippen LogP contribution in [0.5, 0.6) is 0 Å². The highest BCUT2D eigenvalue weighted by atomic mass is 31.2. The molecule has 40 heavy (non-hydrogen) atoms. The summed E-state index contributed by atoms with van der Waals surface area (Å²) >= 11 is 0. The molecule has 2 aliphatic rings. The van der Waals surface area contributed by atoms with Crippen LogP contribution in [0.3, 0.4) is 0 Å². The third-order valence-corrected chi connectivity index (χ3v) is 10.8. The van der Waals surface area contributed by atoms with Crippen LogP contribution in [-0.2, 0) is 27.9 Å². The molecule has 1 aliphatic carbocycles. The second-order valence-electron chi connectivity index (χ2n) is 11.8. The van der Waals surface area contributed by atoms with E-state index in [0.29, 0.717) is 44.5 Å². The van der Waals surface area contributed by atoms with Crippen molar-refractivity contribution in [3.8, 4) is 0 Å². The van der Waals surface area contributed by atoms with Crippen molar-refractivity contribution in [3.05, 3.63) is 34.6 Å². The van der Waals surface area contributed by atoms with Gasteiger partial charge in [-0.15, -0.1) is 0 Å². The zero-order valence-electron chi connectivity index (χ0n) is 26.0. The molecule has 230 valence electrons. The number of ether oxygens (including phenoxy) is 2. The van der Waals surface area contributed by atoms with Gasteiger partial charge in [-0.25, -0.2) is 0 Å². The minimum atomic E-state index is -3.35. The summed E-state index contributed by atoms with van der Waals surface area (Å²) in [5, 5.41) is 20.4. The number of hydrogen-bond donors (Lipinski definition) is 2. The van der Waals surface area contributed by atoms with Crippen molar-refractivity contribution >= 4 is 13.4 Å². The standard InChI is InChI=1S/C31H53O8P/c1-9-37-40(35,38-10-2)24(5)27(33)15-14-22(3)12-11-13-23(4)16-19-31(8)26(17-20-32)25-18-21-36-30(6,7)39-28(25)29(31)34/h12,16,24,26-27,32-33H,9-11,13-15,17-21H2,1-8H3/b22-12+,23-16+/t24?,26-,27?,31+/m1/s1. The van der Waals surface area contributed by atoms with E-state index >= 15 is 0 Å². The molecule has 0 spiro atoms. The van der Waals surface area contributed by atoms with Crippen LogP contribution in [0.2, 0.25) is 0 Å². The van der Waals surface area contributed by atoms with E-state index in [0.717, 1.165) is 24.0 Å². The lowest BCUT2D eigenvalue weighted by atomic mass is 9.71. The summed E-state index contributed by atoms with van der Waals surface area (Å²) in [5.41, 5.74) is 2.11. The van der Waals surface area contributed by atoms with Crippen LogP contribution in [0.15, 0.2) is 34.6 Å². The first-order chi connectivity index (χ1) is 18.7. The highest BCUT2D eigenvalue weighted by Crippen LogP contribution is 2.54.